The second kappa shape index (κ2) is 11.4. The third-order valence-electron chi connectivity index (χ3n) is 4.97. The summed E-state index contributed by atoms with van der Waals surface area (Å²) >= 11 is 14.2. The fraction of sp³-hybridized carbons (Fsp3) is 0.120. The number of hydrogen-bond acceptors (Lipinski definition) is 5. The van der Waals surface area contributed by atoms with Gasteiger partial charge in [-0.05, 0) is 42.3 Å². The molecule has 10 heteroatoms. The Morgan fingerprint density at radius 3 is 2.57 bits per heavy atom. The van der Waals surface area contributed by atoms with Crippen molar-refractivity contribution in [1.29, 1.82) is 0 Å². The van der Waals surface area contributed by atoms with Gasteiger partial charge in [0, 0.05) is 16.2 Å². The fourth-order valence-corrected chi connectivity index (χ4v) is 5.34. The molecule has 0 aliphatic rings. The maximum Gasteiger partial charge on any atom is 0.234 e. The average Bonchev–Trinajstić information content (AvgIpc) is 3.25. The van der Waals surface area contributed by atoms with Gasteiger partial charge in [-0.15, -0.1) is 10.2 Å². The minimum Gasteiger partial charge on any atom is -0.271 e. The van der Waals surface area contributed by atoms with Crippen molar-refractivity contribution in [1.82, 2.24) is 19.5 Å². The highest BCUT2D eigenvalue weighted by atomic mass is 35.5. The molecule has 4 aromatic rings. The highest BCUT2D eigenvalue weighted by Crippen LogP contribution is 2.31. The van der Waals surface area contributed by atoms with Gasteiger partial charge in [0.15, 0.2) is 11.0 Å². The molecule has 0 fully saturated rings. The van der Waals surface area contributed by atoms with Gasteiger partial charge in [-0.2, -0.15) is 0 Å². The zero-order valence-electron chi connectivity index (χ0n) is 18.7. The molecule has 1 N–H and O–H groups in total. The summed E-state index contributed by atoms with van der Waals surface area (Å²) in [6.07, 6.45) is 1.53. The number of nitrogens with one attached hydrogen (secondary N) is 1. The first-order valence-electron chi connectivity index (χ1n) is 10.6. The molecule has 3 aromatic carbocycles. The standard InChI is InChI=1S/C25H22Cl2N4O2S2/c1-18-6-5-9-20(14-18)17-34-25-30-29-24(31(25)23-15-21(26)10-11-22(23)27)16-28-35(32,33)13-12-19-7-3-2-4-8-19/h2-15,28H,16-17H2,1H3/b13-12+. The molecule has 35 heavy (non-hydrogen) atoms. The van der Waals surface area contributed by atoms with E-state index in [1.54, 1.807) is 22.8 Å². The van der Waals surface area contributed by atoms with Crippen molar-refractivity contribution in [3.05, 3.63) is 111 Å². The molecule has 0 unspecified atom stereocenters. The Labute approximate surface area is 219 Å². The number of aryl methyl sites for hydroxylation is 1. The van der Waals surface area contributed by atoms with E-state index in [0.29, 0.717) is 32.5 Å². The van der Waals surface area contributed by atoms with Crippen LogP contribution in [0.15, 0.2) is 83.4 Å². The number of benzene rings is 3. The third-order valence-corrected chi connectivity index (χ3v) is 7.57. The summed E-state index contributed by atoms with van der Waals surface area (Å²) in [5.41, 5.74) is 3.66. The molecule has 0 aliphatic heterocycles. The highest BCUT2D eigenvalue weighted by Gasteiger charge is 2.19. The summed E-state index contributed by atoms with van der Waals surface area (Å²) in [7, 11) is -3.72. The molecule has 0 atom stereocenters. The number of sulfonamides is 1. The Morgan fingerprint density at radius 2 is 1.80 bits per heavy atom. The molecule has 1 aromatic heterocycles. The van der Waals surface area contributed by atoms with Crippen LogP contribution in [0, 0.1) is 6.92 Å². The predicted octanol–water partition coefficient (Wildman–Crippen LogP) is 6.27. The van der Waals surface area contributed by atoms with E-state index in [-0.39, 0.29) is 6.54 Å². The summed E-state index contributed by atoms with van der Waals surface area (Å²) in [4.78, 5) is 0. The van der Waals surface area contributed by atoms with Gasteiger partial charge < -0.3 is 0 Å². The molecule has 0 saturated carbocycles. The van der Waals surface area contributed by atoms with Crippen molar-refractivity contribution in [3.8, 4) is 5.69 Å². The van der Waals surface area contributed by atoms with Crippen LogP contribution in [-0.4, -0.2) is 23.2 Å². The van der Waals surface area contributed by atoms with Crippen LogP contribution < -0.4 is 4.72 Å². The Kier molecular flexibility index (Phi) is 8.30. The summed E-state index contributed by atoms with van der Waals surface area (Å²) in [5.74, 6) is 1.04. The number of thioether (sulfide) groups is 1. The molecule has 0 radical (unpaired) electrons. The average molecular weight is 546 g/mol. The van der Waals surface area contributed by atoms with Crippen LogP contribution >= 0.6 is 35.0 Å². The number of hydrogen-bond donors (Lipinski definition) is 1. The second-order valence-electron chi connectivity index (χ2n) is 7.69. The van der Waals surface area contributed by atoms with Gasteiger partial charge in [0.2, 0.25) is 10.0 Å². The Morgan fingerprint density at radius 1 is 1.00 bits per heavy atom. The first-order chi connectivity index (χ1) is 16.8. The van der Waals surface area contributed by atoms with Crippen LogP contribution in [0.1, 0.15) is 22.5 Å². The van der Waals surface area contributed by atoms with E-state index in [1.165, 1.54) is 23.4 Å². The van der Waals surface area contributed by atoms with Gasteiger partial charge in [-0.1, -0.05) is 95.1 Å². The van der Waals surface area contributed by atoms with E-state index in [1.807, 2.05) is 55.5 Å². The summed E-state index contributed by atoms with van der Waals surface area (Å²) in [6.45, 7) is 1.96. The molecular weight excluding hydrogens is 523 g/mol. The van der Waals surface area contributed by atoms with Crippen LogP contribution in [-0.2, 0) is 22.3 Å². The van der Waals surface area contributed by atoms with Crippen molar-refractivity contribution in [2.45, 2.75) is 24.4 Å². The molecular formula is C25H22Cl2N4O2S2. The molecule has 0 bridgehead atoms. The minimum atomic E-state index is -3.72. The van der Waals surface area contributed by atoms with Crippen molar-refractivity contribution in [3.63, 3.8) is 0 Å². The summed E-state index contributed by atoms with van der Waals surface area (Å²) < 4.78 is 29.5. The quantitative estimate of drug-likeness (QED) is 0.251. The molecule has 0 spiro atoms. The van der Waals surface area contributed by atoms with Gasteiger partial charge in [0.25, 0.3) is 0 Å². The molecule has 0 aliphatic carbocycles. The van der Waals surface area contributed by atoms with Gasteiger partial charge in [-0.3, -0.25) is 4.57 Å². The van der Waals surface area contributed by atoms with E-state index in [2.05, 4.69) is 21.0 Å². The minimum absolute atomic E-state index is 0.0810. The predicted molar refractivity (Wildman–Crippen MR) is 143 cm³/mol. The van der Waals surface area contributed by atoms with E-state index < -0.39 is 10.0 Å². The molecule has 4 rings (SSSR count). The normalized spacial score (nSPS) is 11.9. The zero-order valence-corrected chi connectivity index (χ0v) is 21.9. The zero-order chi connectivity index (χ0) is 24.8. The van der Waals surface area contributed by atoms with Crippen LogP contribution in [0.2, 0.25) is 10.0 Å². The van der Waals surface area contributed by atoms with Gasteiger partial charge in [-0.25, -0.2) is 13.1 Å². The SMILES string of the molecule is Cc1cccc(CSc2nnc(CNS(=O)(=O)/C=C/c3ccccc3)n2-c2cc(Cl)ccc2Cl)c1. The molecule has 1 heterocycles. The smallest absolute Gasteiger partial charge is 0.234 e. The lowest BCUT2D eigenvalue weighted by molar-refractivity contribution is 0.587. The largest absolute Gasteiger partial charge is 0.271 e. The monoisotopic (exact) mass is 544 g/mol. The van der Waals surface area contributed by atoms with Crippen LogP contribution in [0.5, 0.6) is 0 Å². The Hall–Kier alpha value is -2.62. The third kappa shape index (κ3) is 6.96. The van der Waals surface area contributed by atoms with Gasteiger partial charge in [0.1, 0.15) is 0 Å². The lowest BCUT2D eigenvalue weighted by atomic mass is 10.2. The van der Waals surface area contributed by atoms with Gasteiger partial charge >= 0.3 is 0 Å². The van der Waals surface area contributed by atoms with Crippen LogP contribution in [0.25, 0.3) is 11.8 Å². The molecule has 0 amide bonds. The molecule has 180 valence electrons. The first kappa shape index (κ1) is 25.5. The van der Waals surface area contributed by atoms with E-state index in [9.17, 15) is 8.42 Å². The Bertz CT molecular complexity index is 1460. The van der Waals surface area contributed by atoms with E-state index in [0.717, 1.165) is 16.5 Å². The number of rotatable bonds is 9. The van der Waals surface area contributed by atoms with Crippen molar-refractivity contribution in [2.24, 2.45) is 0 Å². The number of halogens is 2. The lowest BCUT2D eigenvalue weighted by Crippen LogP contribution is -2.23. The van der Waals surface area contributed by atoms with E-state index in [4.69, 9.17) is 23.2 Å². The Balaban J connectivity index is 1.60. The topological polar surface area (TPSA) is 76.9 Å². The van der Waals surface area contributed by atoms with Crippen molar-refractivity contribution in [2.75, 3.05) is 0 Å². The number of aromatic nitrogens is 3. The molecule has 0 saturated heterocycles. The maximum absolute atomic E-state index is 12.6. The van der Waals surface area contributed by atoms with E-state index >= 15 is 0 Å². The maximum atomic E-state index is 12.6. The van der Waals surface area contributed by atoms with Crippen molar-refractivity contribution < 1.29 is 8.42 Å². The summed E-state index contributed by atoms with van der Waals surface area (Å²) in [6, 6.07) is 22.5. The number of nitrogens with zero attached hydrogens (tertiary/aromatic N) is 3. The molecule has 6 nitrogen and oxygen atoms in total. The van der Waals surface area contributed by atoms with Crippen LogP contribution in [0.3, 0.4) is 0 Å². The lowest BCUT2D eigenvalue weighted by Gasteiger charge is -2.13. The first-order valence-corrected chi connectivity index (χ1v) is 13.9. The fourth-order valence-electron chi connectivity index (χ4n) is 3.30. The van der Waals surface area contributed by atoms with Crippen molar-refractivity contribution >= 4 is 51.1 Å². The summed E-state index contributed by atoms with van der Waals surface area (Å²) in [5, 5.41) is 11.2. The second-order valence-corrected chi connectivity index (χ2v) is 11.1. The highest BCUT2D eigenvalue weighted by molar-refractivity contribution is 7.98. The van der Waals surface area contributed by atoms with Crippen LogP contribution in [0.4, 0.5) is 0 Å². The van der Waals surface area contributed by atoms with Gasteiger partial charge in [0.05, 0.1) is 17.3 Å².